The molecule has 140 valence electrons. The number of esters is 1. The van der Waals surface area contributed by atoms with Gasteiger partial charge in [-0.25, -0.2) is 4.79 Å². The van der Waals surface area contributed by atoms with Crippen molar-refractivity contribution in [3.8, 4) is 0 Å². The molecule has 7 heteroatoms. The topological polar surface area (TPSA) is 97.6 Å². The van der Waals surface area contributed by atoms with Crippen molar-refractivity contribution in [3.63, 3.8) is 0 Å². The number of benzene rings is 1. The van der Waals surface area contributed by atoms with Crippen molar-refractivity contribution in [2.45, 2.75) is 46.6 Å². The fourth-order valence-electron chi connectivity index (χ4n) is 2.40. The highest BCUT2D eigenvalue weighted by Crippen LogP contribution is 2.26. The second-order valence-electron chi connectivity index (χ2n) is 6.31. The van der Waals surface area contributed by atoms with Gasteiger partial charge in [-0.15, -0.1) is 0 Å². The molecule has 2 N–H and O–H groups in total. The van der Waals surface area contributed by atoms with Crippen LogP contribution in [0.15, 0.2) is 22.8 Å². The second-order valence-corrected chi connectivity index (χ2v) is 6.31. The maximum atomic E-state index is 12.0. The summed E-state index contributed by atoms with van der Waals surface area (Å²) in [4.78, 5) is 35.2. The lowest BCUT2D eigenvalue weighted by Crippen LogP contribution is -2.44. The average Bonchev–Trinajstić information content (AvgIpc) is 2.99. The van der Waals surface area contributed by atoms with E-state index in [-0.39, 0.29) is 12.5 Å². The number of amides is 3. The molecular weight excluding hydrogens is 336 g/mol. The highest BCUT2D eigenvalue weighted by Gasteiger charge is 2.16. The Morgan fingerprint density at radius 2 is 1.96 bits per heavy atom. The zero-order valence-corrected chi connectivity index (χ0v) is 15.5. The summed E-state index contributed by atoms with van der Waals surface area (Å²) in [6, 6.07) is 3.21. The first-order valence-electron chi connectivity index (χ1n) is 8.54. The average molecular weight is 360 g/mol. The molecule has 0 aliphatic rings. The van der Waals surface area contributed by atoms with E-state index in [0.717, 1.165) is 28.5 Å². The number of rotatable bonds is 6. The zero-order valence-electron chi connectivity index (χ0n) is 15.5. The first-order chi connectivity index (χ1) is 12.3. The molecule has 0 unspecified atom stereocenters. The SMILES string of the molecule is CC[C@@H](C)NC(=O)NC(=O)COC(=O)Cc1coc2c(C)c(C)ccc12. The number of fused-ring (bicyclic) bond motifs is 1. The van der Waals surface area contributed by atoms with Crippen molar-refractivity contribution in [2.75, 3.05) is 6.61 Å². The molecule has 1 heterocycles. The van der Waals surface area contributed by atoms with Gasteiger partial charge >= 0.3 is 12.0 Å². The molecule has 7 nitrogen and oxygen atoms in total. The van der Waals surface area contributed by atoms with E-state index in [9.17, 15) is 14.4 Å². The van der Waals surface area contributed by atoms with Crippen LogP contribution in [0.3, 0.4) is 0 Å². The molecule has 2 aromatic rings. The molecule has 0 saturated heterocycles. The molecule has 1 aromatic heterocycles. The lowest BCUT2D eigenvalue weighted by atomic mass is 10.0. The van der Waals surface area contributed by atoms with Crippen molar-refractivity contribution in [2.24, 2.45) is 0 Å². The van der Waals surface area contributed by atoms with E-state index in [1.807, 2.05) is 39.8 Å². The van der Waals surface area contributed by atoms with Crippen LogP contribution in [-0.4, -0.2) is 30.6 Å². The van der Waals surface area contributed by atoms with Gasteiger partial charge in [0.25, 0.3) is 5.91 Å². The van der Waals surface area contributed by atoms with Crippen molar-refractivity contribution in [1.29, 1.82) is 0 Å². The molecule has 2 rings (SSSR count). The van der Waals surface area contributed by atoms with Crippen LogP contribution in [0, 0.1) is 13.8 Å². The summed E-state index contributed by atoms with van der Waals surface area (Å²) in [6.45, 7) is 7.17. The Balaban J connectivity index is 1.87. The van der Waals surface area contributed by atoms with Crippen molar-refractivity contribution < 1.29 is 23.5 Å². The lowest BCUT2D eigenvalue weighted by Gasteiger charge is -2.11. The minimum Gasteiger partial charge on any atom is -0.464 e. The molecule has 26 heavy (non-hydrogen) atoms. The van der Waals surface area contributed by atoms with Crippen molar-refractivity contribution in [3.05, 3.63) is 35.1 Å². The predicted octanol–water partition coefficient (Wildman–Crippen LogP) is 2.76. The quantitative estimate of drug-likeness (QED) is 0.772. The lowest BCUT2D eigenvalue weighted by molar-refractivity contribution is -0.147. The third-order valence-corrected chi connectivity index (χ3v) is 4.28. The summed E-state index contributed by atoms with van der Waals surface area (Å²) in [5.41, 5.74) is 3.57. The van der Waals surface area contributed by atoms with Crippen LogP contribution in [-0.2, 0) is 20.7 Å². The van der Waals surface area contributed by atoms with E-state index in [1.54, 1.807) is 0 Å². The van der Waals surface area contributed by atoms with Crippen LogP contribution < -0.4 is 10.6 Å². The van der Waals surface area contributed by atoms with Gasteiger partial charge in [0.15, 0.2) is 6.61 Å². The molecule has 1 aromatic carbocycles. The van der Waals surface area contributed by atoms with Gasteiger partial charge < -0.3 is 14.5 Å². The van der Waals surface area contributed by atoms with Crippen molar-refractivity contribution in [1.82, 2.24) is 10.6 Å². The van der Waals surface area contributed by atoms with Crippen LogP contribution >= 0.6 is 0 Å². The van der Waals surface area contributed by atoms with Gasteiger partial charge in [0.1, 0.15) is 5.58 Å². The van der Waals surface area contributed by atoms with E-state index in [2.05, 4.69) is 10.6 Å². The molecule has 0 aliphatic carbocycles. The van der Waals surface area contributed by atoms with Gasteiger partial charge in [-0.1, -0.05) is 19.1 Å². The first-order valence-corrected chi connectivity index (χ1v) is 8.54. The van der Waals surface area contributed by atoms with Crippen LogP contribution in [0.25, 0.3) is 11.0 Å². The summed E-state index contributed by atoms with van der Waals surface area (Å²) in [7, 11) is 0. The number of ether oxygens (including phenoxy) is 1. The number of imide groups is 1. The summed E-state index contributed by atoms with van der Waals surface area (Å²) < 4.78 is 10.5. The molecule has 0 aliphatic heterocycles. The molecular formula is C19H24N2O5. The smallest absolute Gasteiger partial charge is 0.321 e. The number of hydrogen-bond acceptors (Lipinski definition) is 5. The van der Waals surface area contributed by atoms with Crippen LogP contribution in [0.4, 0.5) is 4.79 Å². The second kappa shape index (κ2) is 8.51. The first kappa shape index (κ1) is 19.5. The number of carbonyl (C=O) groups excluding carboxylic acids is 3. The summed E-state index contributed by atoms with van der Waals surface area (Å²) >= 11 is 0. The van der Waals surface area contributed by atoms with Crippen LogP contribution in [0.2, 0.25) is 0 Å². The fraction of sp³-hybridized carbons (Fsp3) is 0.421. The van der Waals surface area contributed by atoms with Gasteiger partial charge in [-0.05, 0) is 38.3 Å². The molecule has 3 amide bonds. The number of furan rings is 1. The predicted molar refractivity (Wildman–Crippen MR) is 96.8 cm³/mol. The van der Waals surface area contributed by atoms with Gasteiger partial charge in [-0.3, -0.25) is 14.9 Å². The van der Waals surface area contributed by atoms with Gasteiger partial charge in [0.2, 0.25) is 0 Å². The van der Waals surface area contributed by atoms with E-state index in [4.69, 9.17) is 9.15 Å². The molecule has 1 atom stereocenters. The normalized spacial score (nSPS) is 11.8. The number of urea groups is 1. The molecule has 0 saturated carbocycles. The summed E-state index contributed by atoms with van der Waals surface area (Å²) in [5.74, 6) is -1.24. The highest BCUT2D eigenvalue weighted by atomic mass is 16.5. The maximum Gasteiger partial charge on any atom is 0.321 e. The minimum absolute atomic E-state index is 0.0121. The Bertz CT molecular complexity index is 825. The Morgan fingerprint density at radius 1 is 1.23 bits per heavy atom. The zero-order chi connectivity index (χ0) is 19.3. The fourth-order valence-corrected chi connectivity index (χ4v) is 2.40. The van der Waals surface area contributed by atoms with E-state index >= 15 is 0 Å². The number of hydrogen-bond donors (Lipinski definition) is 2. The molecule has 0 bridgehead atoms. The van der Waals surface area contributed by atoms with Gasteiger partial charge in [-0.2, -0.15) is 0 Å². The van der Waals surface area contributed by atoms with Gasteiger partial charge in [0.05, 0.1) is 12.7 Å². The molecule has 0 radical (unpaired) electrons. The highest BCUT2D eigenvalue weighted by molar-refractivity contribution is 5.96. The van der Waals surface area contributed by atoms with Gasteiger partial charge in [0, 0.05) is 17.0 Å². The maximum absolute atomic E-state index is 12.0. The minimum atomic E-state index is -0.678. The summed E-state index contributed by atoms with van der Waals surface area (Å²) in [5, 5.41) is 5.56. The number of nitrogens with one attached hydrogen (secondary N) is 2. The van der Waals surface area contributed by atoms with Crippen molar-refractivity contribution >= 4 is 28.9 Å². The Hall–Kier alpha value is -2.83. The third-order valence-electron chi connectivity index (χ3n) is 4.28. The Kier molecular flexibility index (Phi) is 6.38. The summed E-state index contributed by atoms with van der Waals surface area (Å²) in [6.07, 6.45) is 2.26. The largest absolute Gasteiger partial charge is 0.464 e. The standard InChI is InChI=1S/C19H24N2O5/c1-5-12(3)20-19(24)21-16(22)10-25-17(23)8-14-9-26-18-13(4)11(2)6-7-15(14)18/h6-7,9,12H,5,8,10H2,1-4H3,(H2,20,21,22,24)/t12-/m1/s1. The number of carbonyl (C=O) groups is 3. The molecule has 0 spiro atoms. The van der Waals surface area contributed by atoms with E-state index < -0.39 is 24.5 Å². The van der Waals surface area contributed by atoms with Crippen LogP contribution in [0.5, 0.6) is 0 Å². The number of aryl methyl sites for hydroxylation is 2. The monoisotopic (exact) mass is 360 g/mol. The molecule has 0 fully saturated rings. The van der Waals surface area contributed by atoms with E-state index in [0.29, 0.717) is 5.56 Å². The Labute approximate surface area is 152 Å². The van der Waals surface area contributed by atoms with Crippen LogP contribution in [0.1, 0.15) is 37.0 Å². The Morgan fingerprint density at radius 3 is 2.65 bits per heavy atom. The van der Waals surface area contributed by atoms with E-state index in [1.165, 1.54) is 6.26 Å². The third kappa shape index (κ3) is 4.84.